The highest BCUT2D eigenvalue weighted by atomic mass is 32.2. The maximum absolute atomic E-state index is 3.77. The van der Waals surface area contributed by atoms with Gasteiger partial charge in [-0.2, -0.15) is 0 Å². The maximum Gasteiger partial charge on any atom is 0.0649 e. The summed E-state index contributed by atoms with van der Waals surface area (Å²) in [5, 5.41) is 6.74. The summed E-state index contributed by atoms with van der Waals surface area (Å²) in [6, 6.07) is 2.87. The van der Waals surface area contributed by atoms with Gasteiger partial charge in [-0.05, 0) is 42.9 Å². The Labute approximate surface area is 126 Å². The molecule has 0 spiro atoms. The van der Waals surface area contributed by atoms with E-state index in [2.05, 4.69) is 42.4 Å². The summed E-state index contributed by atoms with van der Waals surface area (Å²) in [6.07, 6.45) is 2.51. The Bertz CT molecular complexity index is 378. The van der Waals surface area contributed by atoms with Crippen LogP contribution in [0.15, 0.2) is 15.7 Å². The van der Waals surface area contributed by atoms with Crippen LogP contribution in [0.2, 0.25) is 0 Å². The summed E-state index contributed by atoms with van der Waals surface area (Å²) in [6.45, 7) is 11.5. The molecule has 2 heterocycles. The first kappa shape index (κ1) is 15.4. The number of nitrogens with one attached hydrogen (secondary N) is 1. The zero-order valence-electron chi connectivity index (χ0n) is 12.3. The number of fused-ring (bicyclic) bond motifs is 1. The molecule has 1 N–H and O–H groups in total. The van der Waals surface area contributed by atoms with Crippen LogP contribution >= 0.6 is 23.1 Å². The monoisotopic (exact) mass is 298 g/mol. The number of hydrogen-bond donors (Lipinski definition) is 1. The van der Waals surface area contributed by atoms with E-state index >= 15 is 0 Å². The third-order valence-electron chi connectivity index (χ3n) is 3.72. The Morgan fingerprint density at radius 3 is 2.95 bits per heavy atom. The fourth-order valence-electron chi connectivity index (χ4n) is 2.68. The van der Waals surface area contributed by atoms with Crippen molar-refractivity contribution in [3.8, 4) is 0 Å². The fraction of sp³-hybridized carbons (Fsp3) is 0.733. The van der Waals surface area contributed by atoms with Crippen LogP contribution in [0.3, 0.4) is 0 Å². The Balaban J connectivity index is 1.83. The topological polar surface area (TPSA) is 15.3 Å². The van der Waals surface area contributed by atoms with E-state index in [9.17, 15) is 0 Å². The zero-order chi connectivity index (χ0) is 13.7. The molecular formula is C15H26N2S2. The molecule has 19 heavy (non-hydrogen) atoms. The first-order chi connectivity index (χ1) is 9.24. The third-order valence-corrected chi connectivity index (χ3v) is 6.06. The minimum Gasteiger partial charge on any atom is -0.309 e. The molecule has 2 atom stereocenters. The number of likely N-dealkylation sites (N-methyl/N-ethyl adjacent to an activating group) is 1. The molecule has 1 aliphatic rings. The van der Waals surface area contributed by atoms with Crippen molar-refractivity contribution in [2.45, 2.75) is 49.1 Å². The molecule has 2 rings (SSSR count). The summed E-state index contributed by atoms with van der Waals surface area (Å²) >= 11 is 3.94. The summed E-state index contributed by atoms with van der Waals surface area (Å²) in [4.78, 5) is 2.53. The first-order valence-electron chi connectivity index (χ1n) is 7.44. The van der Waals surface area contributed by atoms with E-state index in [-0.39, 0.29) is 0 Å². The molecule has 1 unspecified atom stereocenters. The van der Waals surface area contributed by atoms with Crippen LogP contribution in [0, 0.1) is 0 Å². The molecule has 0 fully saturated rings. The average molecular weight is 299 g/mol. The minimum absolute atomic E-state index is 0.567. The van der Waals surface area contributed by atoms with Gasteiger partial charge in [0.05, 0.1) is 4.21 Å². The average Bonchev–Trinajstić information content (AvgIpc) is 2.85. The molecule has 2 nitrogen and oxygen atoms in total. The van der Waals surface area contributed by atoms with E-state index in [0.717, 1.165) is 18.3 Å². The minimum atomic E-state index is 0.567. The van der Waals surface area contributed by atoms with Crippen LogP contribution in [0.4, 0.5) is 0 Å². The SMILES string of the molecule is CCCN(CC)CCNC1C[C@H](C)Sc2sccc21. The maximum atomic E-state index is 3.77. The number of thiophene rings is 1. The first-order valence-corrected chi connectivity index (χ1v) is 9.20. The van der Waals surface area contributed by atoms with Crippen molar-refractivity contribution in [1.82, 2.24) is 10.2 Å². The lowest BCUT2D eigenvalue weighted by atomic mass is 10.0. The molecule has 0 radical (unpaired) electrons. The Hall–Kier alpha value is -0.0300. The van der Waals surface area contributed by atoms with E-state index in [1.54, 1.807) is 0 Å². The van der Waals surface area contributed by atoms with Gasteiger partial charge in [0.15, 0.2) is 0 Å². The second-order valence-electron chi connectivity index (χ2n) is 5.27. The third kappa shape index (κ3) is 4.22. The van der Waals surface area contributed by atoms with Crippen LogP contribution < -0.4 is 5.32 Å². The van der Waals surface area contributed by atoms with Gasteiger partial charge in [-0.3, -0.25) is 0 Å². The van der Waals surface area contributed by atoms with Crippen molar-refractivity contribution in [3.05, 3.63) is 17.0 Å². The molecule has 1 aromatic rings. The molecule has 0 saturated heterocycles. The molecule has 1 aliphatic heterocycles. The van der Waals surface area contributed by atoms with E-state index < -0.39 is 0 Å². The van der Waals surface area contributed by atoms with Crippen molar-refractivity contribution in [3.63, 3.8) is 0 Å². The van der Waals surface area contributed by atoms with Crippen LogP contribution in [-0.4, -0.2) is 36.3 Å². The van der Waals surface area contributed by atoms with Crippen molar-refractivity contribution in [2.24, 2.45) is 0 Å². The van der Waals surface area contributed by atoms with Crippen molar-refractivity contribution in [1.29, 1.82) is 0 Å². The number of hydrogen-bond acceptors (Lipinski definition) is 4. The summed E-state index contributed by atoms with van der Waals surface area (Å²) in [5.74, 6) is 0. The van der Waals surface area contributed by atoms with Gasteiger partial charge in [-0.25, -0.2) is 0 Å². The van der Waals surface area contributed by atoms with Gasteiger partial charge in [0, 0.05) is 24.4 Å². The van der Waals surface area contributed by atoms with Crippen molar-refractivity contribution in [2.75, 3.05) is 26.2 Å². The standard InChI is InChI=1S/C15H26N2S2/c1-4-8-17(5-2)9-7-16-14-11-12(3)19-15-13(14)6-10-18-15/h6,10,12,14,16H,4-5,7-9,11H2,1-3H3/t12-,14?/m0/s1. The second-order valence-corrected chi connectivity index (χ2v) is 7.89. The van der Waals surface area contributed by atoms with Gasteiger partial charge in [0.25, 0.3) is 0 Å². The van der Waals surface area contributed by atoms with Crippen LogP contribution in [0.5, 0.6) is 0 Å². The zero-order valence-corrected chi connectivity index (χ0v) is 13.9. The van der Waals surface area contributed by atoms with Crippen LogP contribution in [-0.2, 0) is 0 Å². The second kappa shape index (κ2) is 7.67. The number of thioether (sulfide) groups is 1. The molecule has 1 aromatic heterocycles. The molecule has 0 aromatic carbocycles. The lowest BCUT2D eigenvalue weighted by Gasteiger charge is -2.29. The van der Waals surface area contributed by atoms with Gasteiger partial charge < -0.3 is 10.2 Å². The Morgan fingerprint density at radius 2 is 2.21 bits per heavy atom. The molecular weight excluding hydrogens is 272 g/mol. The predicted octanol–water partition coefficient (Wildman–Crippen LogP) is 4.00. The normalized spacial score (nSPS) is 22.7. The van der Waals surface area contributed by atoms with Gasteiger partial charge in [0.1, 0.15) is 0 Å². The highest BCUT2D eigenvalue weighted by Crippen LogP contribution is 2.43. The quantitative estimate of drug-likeness (QED) is 0.819. The largest absolute Gasteiger partial charge is 0.309 e. The fourth-order valence-corrected chi connectivity index (χ4v) is 5.25. The van der Waals surface area contributed by atoms with E-state index in [1.165, 1.54) is 35.7 Å². The van der Waals surface area contributed by atoms with Gasteiger partial charge in [-0.15, -0.1) is 23.1 Å². The van der Waals surface area contributed by atoms with Crippen molar-refractivity contribution >= 4 is 23.1 Å². The highest BCUT2D eigenvalue weighted by Gasteiger charge is 2.25. The summed E-state index contributed by atoms with van der Waals surface area (Å²) < 4.78 is 1.53. The lowest BCUT2D eigenvalue weighted by molar-refractivity contribution is 0.281. The summed E-state index contributed by atoms with van der Waals surface area (Å²) in [5.41, 5.74) is 1.53. The summed E-state index contributed by atoms with van der Waals surface area (Å²) in [7, 11) is 0. The van der Waals surface area contributed by atoms with Gasteiger partial charge in [-0.1, -0.05) is 20.8 Å². The highest BCUT2D eigenvalue weighted by molar-refractivity contribution is 8.01. The van der Waals surface area contributed by atoms with E-state index in [0.29, 0.717) is 6.04 Å². The number of nitrogens with zero attached hydrogens (tertiary/aromatic N) is 1. The Kier molecular flexibility index (Phi) is 6.20. The number of rotatable bonds is 7. The molecule has 108 valence electrons. The van der Waals surface area contributed by atoms with Crippen LogP contribution in [0.25, 0.3) is 0 Å². The lowest BCUT2D eigenvalue weighted by Crippen LogP contribution is -2.35. The smallest absolute Gasteiger partial charge is 0.0649 e. The van der Waals surface area contributed by atoms with Gasteiger partial charge in [0.2, 0.25) is 0 Å². The molecule has 4 heteroatoms. The van der Waals surface area contributed by atoms with Crippen molar-refractivity contribution < 1.29 is 0 Å². The Morgan fingerprint density at radius 1 is 1.37 bits per heavy atom. The molecule has 0 aliphatic carbocycles. The van der Waals surface area contributed by atoms with E-state index in [1.807, 2.05) is 23.1 Å². The van der Waals surface area contributed by atoms with E-state index in [4.69, 9.17) is 0 Å². The van der Waals surface area contributed by atoms with Gasteiger partial charge >= 0.3 is 0 Å². The molecule has 0 bridgehead atoms. The molecule has 0 amide bonds. The predicted molar refractivity (Wildman–Crippen MR) is 87.4 cm³/mol. The van der Waals surface area contributed by atoms with Crippen LogP contribution in [0.1, 0.15) is 45.2 Å². The molecule has 0 saturated carbocycles.